The summed E-state index contributed by atoms with van der Waals surface area (Å²) in [6.07, 6.45) is 3.79. The number of imidazole rings is 1. The van der Waals surface area contributed by atoms with Gasteiger partial charge in [-0.15, -0.1) is 0 Å². The van der Waals surface area contributed by atoms with Crippen molar-refractivity contribution in [3.63, 3.8) is 0 Å². The minimum Gasteiger partial charge on any atom is -0.382 e. The number of nitrogens with two attached hydrogens (primary N) is 1. The van der Waals surface area contributed by atoms with E-state index < -0.39 is 13.9 Å². The van der Waals surface area contributed by atoms with E-state index in [1.807, 2.05) is 0 Å². The molecule has 2 atom stereocenters. The Morgan fingerprint density at radius 2 is 1.91 bits per heavy atom. The Bertz CT molecular complexity index is 912. The lowest BCUT2D eigenvalue weighted by Gasteiger charge is -2.32. The predicted octanol–water partition coefficient (Wildman–Crippen LogP) is 3.84. The fourth-order valence-corrected chi connectivity index (χ4v) is 4.76. The van der Waals surface area contributed by atoms with Gasteiger partial charge in [0.25, 0.3) is 0 Å². The monoisotopic (exact) mass is 471 g/mol. The molecule has 0 saturated heterocycles. The van der Waals surface area contributed by atoms with Crippen molar-refractivity contribution < 1.29 is 23.5 Å². The third kappa shape index (κ3) is 9.11. The lowest BCUT2D eigenvalue weighted by atomic mass is 9.77. The highest BCUT2D eigenvalue weighted by molar-refractivity contribution is 7.52. The molecule has 2 heterocycles. The molecule has 0 radical (unpaired) electrons. The number of nitrogens with zero attached hydrogens (tertiary/aromatic N) is 4. The average molecular weight is 472 g/mol. The number of nitrogen functional groups attached to an aromatic ring is 1. The van der Waals surface area contributed by atoms with E-state index in [1.54, 1.807) is 17.8 Å². The van der Waals surface area contributed by atoms with Crippen molar-refractivity contribution in [1.29, 1.82) is 0 Å². The van der Waals surface area contributed by atoms with Gasteiger partial charge in [0.1, 0.15) is 18.2 Å². The summed E-state index contributed by atoms with van der Waals surface area (Å²) in [4.78, 5) is 22.3. The summed E-state index contributed by atoms with van der Waals surface area (Å²) in [6, 6.07) is 0. The van der Waals surface area contributed by atoms with Gasteiger partial charge >= 0.3 is 7.60 Å². The summed E-state index contributed by atoms with van der Waals surface area (Å²) >= 11 is 0. The largest absolute Gasteiger partial charge is 0.382 e. The van der Waals surface area contributed by atoms with Gasteiger partial charge in [-0.25, -0.2) is 15.0 Å². The maximum atomic E-state index is 12.2. The van der Waals surface area contributed by atoms with Gasteiger partial charge in [0.15, 0.2) is 11.5 Å². The van der Waals surface area contributed by atoms with Crippen LogP contribution in [0.15, 0.2) is 12.7 Å². The Balaban J connectivity index is 1.66. The zero-order chi connectivity index (χ0) is 24.0. The molecule has 0 unspecified atom stereocenters. The Morgan fingerprint density at radius 3 is 2.59 bits per heavy atom. The van der Waals surface area contributed by atoms with Crippen LogP contribution in [-0.2, 0) is 25.1 Å². The third-order valence-electron chi connectivity index (χ3n) is 4.63. The Hall–Kier alpha value is -1.58. The highest BCUT2D eigenvalue weighted by atomic mass is 31.2. The lowest BCUT2D eigenvalue weighted by Crippen LogP contribution is -2.26. The van der Waals surface area contributed by atoms with Gasteiger partial charge in [-0.3, -0.25) is 4.57 Å². The van der Waals surface area contributed by atoms with Gasteiger partial charge in [0.2, 0.25) is 0 Å². The van der Waals surface area contributed by atoms with Crippen LogP contribution in [0.3, 0.4) is 0 Å². The Morgan fingerprint density at radius 1 is 1.19 bits per heavy atom. The van der Waals surface area contributed by atoms with Crippen LogP contribution in [0, 0.1) is 10.8 Å². The van der Waals surface area contributed by atoms with Crippen LogP contribution in [0.2, 0.25) is 0 Å². The van der Waals surface area contributed by atoms with Crippen molar-refractivity contribution in [3.05, 3.63) is 12.7 Å². The zero-order valence-electron chi connectivity index (χ0n) is 20.1. The first-order chi connectivity index (χ1) is 14.8. The summed E-state index contributed by atoms with van der Waals surface area (Å²) in [5, 5.41) is 0. The van der Waals surface area contributed by atoms with E-state index in [0.717, 1.165) is 6.42 Å². The molecule has 2 aromatic heterocycles. The molecule has 0 spiro atoms. The maximum absolute atomic E-state index is 12.2. The third-order valence-corrected chi connectivity index (χ3v) is 5.69. The summed E-state index contributed by atoms with van der Waals surface area (Å²) in [7, 11) is -3.85. The highest BCUT2D eigenvalue weighted by Crippen LogP contribution is 2.42. The number of hydrogen-bond acceptors (Lipinski definition) is 8. The van der Waals surface area contributed by atoms with Crippen molar-refractivity contribution in [2.45, 2.75) is 67.0 Å². The van der Waals surface area contributed by atoms with E-state index in [2.05, 4.69) is 49.6 Å². The van der Waals surface area contributed by atoms with Crippen molar-refractivity contribution in [1.82, 2.24) is 19.5 Å². The van der Waals surface area contributed by atoms with E-state index in [4.69, 9.17) is 19.7 Å². The summed E-state index contributed by atoms with van der Waals surface area (Å²) in [5.74, 6) is 0.303. The number of hydrogen-bond donors (Lipinski definition) is 2. The van der Waals surface area contributed by atoms with Gasteiger partial charge in [0, 0.05) is 6.61 Å². The van der Waals surface area contributed by atoms with E-state index in [9.17, 15) is 9.46 Å². The molecule has 2 aromatic rings. The predicted molar refractivity (Wildman–Crippen MR) is 124 cm³/mol. The normalized spacial score (nSPS) is 15.7. The molecule has 10 nitrogen and oxygen atoms in total. The Labute approximate surface area is 190 Å². The molecule has 32 heavy (non-hydrogen) atoms. The molecule has 0 amide bonds. The molecule has 11 heteroatoms. The van der Waals surface area contributed by atoms with E-state index >= 15 is 0 Å². The molecule has 182 valence electrons. The van der Waals surface area contributed by atoms with E-state index in [1.165, 1.54) is 6.33 Å². The summed E-state index contributed by atoms with van der Waals surface area (Å²) < 4.78 is 30.4. The average Bonchev–Trinajstić information content (AvgIpc) is 3.05. The summed E-state index contributed by atoms with van der Waals surface area (Å²) in [6.45, 7) is 14.4. The molecule has 0 aliphatic carbocycles. The molecule has 0 bridgehead atoms. The van der Waals surface area contributed by atoms with Crippen LogP contribution in [-0.4, -0.2) is 56.7 Å². The van der Waals surface area contributed by atoms with Crippen LogP contribution in [0.1, 0.15) is 54.4 Å². The SMILES string of the molecule is C[C@H](Cn1cnc2c(N)ncnc21)OC[P@](=O)(O)OCCCOCC(C)(C)CC(C)(C)C. The quantitative estimate of drug-likeness (QED) is 0.330. The zero-order valence-corrected chi connectivity index (χ0v) is 21.0. The highest BCUT2D eigenvalue weighted by Gasteiger charge is 2.26. The minimum absolute atomic E-state index is 0.0771. The standard InChI is InChI=1S/C21H38N5O5P/c1-16(10-26-14-25-17-18(22)23-13-24-19(17)26)30-15-32(27,28)31-9-7-8-29-12-21(5,6)11-20(2,3)4/h13-14,16H,7-12,15H2,1-6H3,(H,27,28)(H2,22,23,24)/t16-/m1/s1. The number of aromatic nitrogens is 4. The molecule has 0 aromatic carbocycles. The van der Waals surface area contributed by atoms with Crippen LogP contribution >= 0.6 is 7.60 Å². The molecular weight excluding hydrogens is 433 g/mol. The second-order valence-electron chi connectivity index (χ2n) is 10.2. The van der Waals surface area contributed by atoms with Crippen molar-refractivity contribution in [3.8, 4) is 0 Å². The van der Waals surface area contributed by atoms with Crippen molar-refractivity contribution in [2.24, 2.45) is 10.8 Å². The van der Waals surface area contributed by atoms with Crippen LogP contribution in [0.25, 0.3) is 11.2 Å². The van der Waals surface area contributed by atoms with E-state index in [0.29, 0.717) is 43.2 Å². The van der Waals surface area contributed by atoms with Gasteiger partial charge < -0.3 is 29.2 Å². The van der Waals surface area contributed by atoms with Gasteiger partial charge in [0.05, 0.1) is 32.2 Å². The molecule has 0 saturated carbocycles. The summed E-state index contributed by atoms with van der Waals surface area (Å²) in [5.41, 5.74) is 7.20. The lowest BCUT2D eigenvalue weighted by molar-refractivity contribution is 0.0326. The number of rotatable bonds is 13. The Kier molecular flexibility index (Phi) is 9.19. The second kappa shape index (κ2) is 11.0. The fourth-order valence-electron chi connectivity index (χ4n) is 3.82. The van der Waals surface area contributed by atoms with Gasteiger partial charge in [-0.2, -0.15) is 0 Å². The molecule has 0 aliphatic rings. The van der Waals surface area contributed by atoms with Crippen LogP contribution in [0.5, 0.6) is 0 Å². The van der Waals surface area contributed by atoms with E-state index in [-0.39, 0.29) is 23.5 Å². The first kappa shape index (κ1) is 26.7. The molecular formula is C21H38N5O5P. The van der Waals surface area contributed by atoms with Gasteiger partial charge in [-0.05, 0) is 30.6 Å². The smallest absolute Gasteiger partial charge is 0.353 e. The van der Waals surface area contributed by atoms with Crippen LogP contribution < -0.4 is 5.73 Å². The van der Waals surface area contributed by atoms with Crippen molar-refractivity contribution in [2.75, 3.05) is 31.9 Å². The molecule has 0 aliphatic heterocycles. The van der Waals surface area contributed by atoms with Gasteiger partial charge in [-0.1, -0.05) is 34.6 Å². The molecule has 3 N–H and O–H groups in total. The minimum atomic E-state index is -3.85. The fraction of sp³-hybridized carbons (Fsp3) is 0.762. The first-order valence-electron chi connectivity index (χ1n) is 10.9. The number of ether oxygens (including phenoxy) is 2. The first-order valence-corrected chi connectivity index (χ1v) is 12.6. The molecule has 0 fully saturated rings. The van der Waals surface area contributed by atoms with Crippen molar-refractivity contribution >= 4 is 24.6 Å². The molecule has 2 rings (SSSR count). The number of anilines is 1. The topological polar surface area (TPSA) is 135 Å². The maximum Gasteiger partial charge on any atom is 0.353 e. The second-order valence-corrected chi connectivity index (χ2v) is 12.0. The van der Waals surface area contributed by atoms with Crippen LogP contribution in [0.4, 0.5) is 5.82 Å². The number of fused-ring (bicyclic) bond motifs is 1.